The number of benzene rings is 2. The molecule has 2 aromatic carbocycles. The highest BCUT2D eigenvalue weighted by molar-refractivity contribution is 9.10. The summed E-state index contributed by atoms with van der Waals surface area (Å²) in [5.74, 6) is 0.665. The van der Waals surface area contributed by atoms with Gasteiger partial charge >= 0.3 is 0 Å². The molecule has 4 rings (SSSR count). The molecule has 0 amide bonds. The van der Waals surface area contributed by atoms with Gasteiger partial charge in [0.15, 0.2) is 0 Å². The fourth-order valence-corrected chi connectivity index (χ4v) is 3.00. The van der Waals surface area contributed by atoms with Crippen LogP contribution in [0.2, 0.25) is 0 Å². The minimum Gasteiger partial charge on any atom is -0.222 e. The predicted molar refractivity (Wildman–Crippen MR) is 89.6 cm³/mol. The van der Waals surface area contributed by atoms with Gasteiger partial charge in [-0.3, -0.25) is 0 Å². The van der Waals surface area contributed by atoms with E-state index in [-0.39, 0.29) is 6.04 Å². The van der Waals surface area contributed by atoms with Gasteiger partial charge in [0.2, 0.25) is 5.95 Å². The maximum atomic E-state index is 4.67. The summed E-state index contributed by atoms with van der Waals surface area (Å²) in [6.07, 6.45) is 2.38. The quantitative estimate of drug-likeness (QED) is 0.695. The van der Waals surface area contributed by atoms with E-state index in [0.29, 0.717) is 5.95 Å². The first-order valence-corrected chi connectivity index (χ1v) is 7.88. The Kier molecular flexibility index (Phi) is 3.35. The number of hydrogen-bond donors (Lipinski definition) is 0. The number of fused-ring (bicyclic) bond motifs is 1. The molecule has 1 atom stereocenters. The van der Waals surface area contributed by atoms with Gasteiger partial charge in [-0.25, -0.2) is 9.67 Å². The molecule has 1 unspecified atom stereocenters. The van der Waals surface area contributed by atoms with Crippen molar-refractivity contribution in [2.75, 3.05) is 0 Å². The van der Waals surface area contributed by atoms with Crippen molar-refractivity contribution in [2.24, 2.45) is 4.99 Å². The fraction of sp³-hybridized carbons (Fsp3) is 0.118. The van der Waals surface area contributed by atoms with E-state index >= 15 is 0 Å². The van der Waals surface area contributed by atoms with Crippen LogP contribution in [0.15, 0.2) is 70.4 Å². The average molecular weight is 353 g/mol. The summed E-state index contributed by atoms with van der Waals surface area (Å²) in [5.41, 5.74) is 3.39. The number of hydrogen-bond acceptors (Lipinski definition) is 3. The lowest BCUT2D eigenvalue weighted by Crippen LogP contribution is -2.21. The number of aromatic nitrogens is 3. The molecule has 0 saturated heterocycles. The van der Waals surface area contributed by atoms with Crippen LogP contribution in [0.25, 0.3) is 0 Å². The van der Waals surface area contributed by atoms with E-state index < -0.39 is 0 Å². The second-order valence-electron chi connectivity index (χ2n) is 5.20. The Morgan fingerprint density at radius 1 is 1.00 bits per heavy atom. The molecular weight excluding hydrogens is 340 g/mol. The van der Waals surface area contributed by atoms with E-state index in [0.717, 1.165) is 22.2 Å². The molecule has 3 aromatic rings. The zero-order valence-corrected chi connectivity index (χ0v) is 13.3. The van der Waals surface area contributed by atoms with Crippen LogP contribution >= 0.6 is 15.9 Å². The maximum Gasteiger partial charge on any atom is 0.248 e. The van der Waals surface area contributed by atoms with Gasteiger partial charge < -0.3 is 0 Å². The third-order valence-electron chi connectivity index (χ3n) is 3.83. The van der Waals surface area contributed by atoms with E-state index in [1.165, 1.54) is 5.56 Å². The van der Waals surface area contributed by atoms with Crippen LogP contribution < -0.4 is 0 Å². The van der Waals surface area contributed by atoms with E-state index in [9.17, 15) is 0 Å². The molecule has 0 saturated carbocycles. The molecule has 5 heteroatoms. The number of halogens is 1. The highest BCUT2D eigenvalue weighted by atomic mass is 79.9. The van der Waals surface area contributed by atoms with Gasteiger partial charge in [-0.05, 0) is 23.3 Å². The van der Waals surface area contributed by atoms with Crippen LogP contribution in [-0.4, -0.2) is 20.5 Å². The Hall–Kier alpha value is -2.27. The first kappa shape index (κ1) is 13.4. The topological polar surface area (TPSA) is 43.1 Å². The minimum absolute atomic E-state index is 0.123. The summed E-state index contributed by atoms with van der Waals surface area (Å²) < 4.78 is 2.97. The van der Waals surface area contributed by atoms with Crippen LogP contribution in [0.5, 0.6) is 0 Å². The first-order chi connectivity index (χ1) is 10.8. The lowest BCUT2D eigenvalue weighted by atomic mass is 9.96. The fourth-order valence-electron chi connectivity index (χ4n) is 2.74. The van der Waals surface area contributed by atoms with Gasteiger partial charge in [-0.2, -0.15) is 10.1 Å². The first-order valence-electron chi connectivity index (χ1n) is 7.09. The normalized spacial score (nSPS) is 17.0. The van der Waals surface area contributed by atoms with E-state index in [4.69, 9.17) is 0 Å². The van der Waals surface area contributed by atoms with Crippen molar-refractivity contribution < 1.29 is 0 Å². The molecule has 108 valence electrons. The van der Waals surface area contributed by atoms with Gasteiger partial charge in [-0.1, -0.05) is 58.4 Å². The molecule has 0 spiro atoms. The molecule has 0 fully saturated rings. The lowest BCUT2D eigenvalue weighted by Gasteiger charge is -2.23. The zero-order valence-electron chi connectivity index (χ0n) is 11.7. The van der Waals surface area contributed by atoms with Crippen LogP contribution in [0.3, 0.4) is 0 Å². The Morgan fingerprint density at radius 3 is 2.55 bits per heavy atom. The molecule has 0 N–H and O–H groups in total. The van der Waals surface area contributed by atoms with Crippen molar-refractivity contribution in [3.63, 3.8) is 0 Å². The summed E-state index contributed by atoms with van der Waals surface area (Å²) in [6, 6.07) is 18.7. The SMILES string of the molecule is Brc1ccc(C2CC(c3ccccc3)=Nc3ncnn32)cc1. The van der Waals surface area contributed by atoms with Gasteiger partial charge in [0.1, 0.15) is 6.33 Å². The molecule has 0 bridgehead atoms. The minimum atomic E-state index is 0.123. The molecule has 1 aliphatic heterocycles. The monoisotopic (exact) mass is 352 g/mol. The molecule has 4 nitrogen and oxygen atoms in total. The smallest absolute Gasteiger partial charge is 0.222 e. The van der Waals surface area contributed by atoms with Crippen LogP contribution in [0.4, 0.5) is 5.95 Å². The van der Waals surface area contributed by atoms with Crippen molar-refractivity contribution in [2.45, 2.75) is 12.5 Å². The van der Waals surface area contributed by atoms with Crippen molar-refractivity contribution in [1.82, 2.24) is 14.8 Å². The Balaban J connectivity index is 1.79. The summed E-state index contributed by atoms with van der Waals surface area (Å²) in [4.78, 5) is 8.95. The Morgan fingerprint density at radius 2 is 1.77 bits per heavy atom. The largest absolute Gasteiger partial charge is 0.248 e. The summed E-state index contributed by atoms with van der Waals surface area (Å²) >= 11 is 3.48. The van der Waals surface area contributed by atoms with Gasteiger partial charge in [0, 0.05) is 10.9 Å². The third kappa shape index (κ3) is 2.37. The van der Waals surface area contributed by atoms with Gasteiger partial charge in [0.25, 0.3) is 0 Å². The Labute approximate surface area is 136 Å². The highest BCUT2D eigenvalue weighted by Gasteiger charge is 2.25. The molecule has 1 aromatic heterocycles. The van der Waals surface area contributed by atoms with Crippen molar-refractivity contribution >= 4 is 27.6 Å². The molecule has 1 aliphatic rings. The van der Waals surface area contributed by atoms with Crippen LogP contribution in [-0.2, 0) is 0 Å². The zero-order chi connectivity index (χ0) is 14.9. The molecule has 22 heavy (non-hydrogen) atoms. The molecule has 0 radical (unpaired) electrons. The van der Waals surface area contributed by atoms with E-state index in [2.05, 4.69) is 67.4 Å². The summed E-state index contributed by atoms with van der Waals surface area (Å²) in [6.45, 7) is 0. The van der Waals surface area contributed by atoms with Crippen LogP contribution in [0.1, 0.15) is 23.6 Å². The maximum absolute atomic E-state index is 4.67. The molecule has 0 aliphatic carbocycles. The number of aliphatic imine (C=N–C) groups is 1. The molecule has 2 heterocycles. The van der Waals surface area contributed by atoms with Crippen molar-refractivity contribution in [3.8, 4) is 0 Å². The Bertz CT molecular complexity index is 821. The summed E-state index contributed by atoms with van der Waals surface area (Å²) in [5, 5.41) is 4.35. The lowest BCUT2D eigenvalue weighted by molar-refractivity contribution is 0.531. The molecular formula is C17H13BrN4. The van der Waals surface area contributed by atoms with E-state index in [1.807, 2.05) is 22.9 Å². The number of rotatable bonds is 2. The van der Waals surface area contributed by atoms with Crippen molar-refractivity contribution in [1.29, 1.82) is 0 Å². The predicted octanol–water partition coefficient (Wildman–Crippen LogP) is 4.15. The van der Waals surface area contributed by atoms with Crippen molar-refractivity contribution in [3.05, 3.63) is 76.5 Å². The third-order valence-corrected chi connectivity index (χ3v) is 4.36. The number of nitrogens with zero attached hydrogens (tertiary/aromatic N) is 4. The van der Waals surface area contributed by atoms with E-state index in [1.54, 1.807) is 6.33 Å². The highest BCUT2D eigenvalue weighted by Crippen LogP contribution is 2.32. The van der Waals surface area contributed by atoms with Gasteiger partial charge in [0.05, 0.1) is 11.8 Å². The summed E-state index contributed by atoms with van der Waals surface area (Å²) in [7, 11) is 0. The van der Waals surface area contributed by atoms with Gasteiger partial charge in [-0.15, -0.1) is 0 Å². The average Bonchev–Trinajstić information content (AvgIpc) is 3.04. The second-order valence-corrected chi connectivity index (χ2v) is 6.12. The van der Waals surface area contributed by atoms with Crippen LogP contribution in [0, 0.1) is 0 Å². The standard InChI is InChI=1S/C17H13BrN4/c18-14-8-6-13(7-9-14)16-10-15(12-4-2-1-3-5-12)21-17-19-11-20-22(16)17/h1-9,11,16H,10H2. The second kappa shape index (κ2) is 5.50.